The van der Waals surface area contributed by atoms with Gasteiger partial charge in [-0.15, -0.1) is 0 Å². The summed E-state index contributed by atoms with van der Waals surface area (Å²) in [5, 5.41) is 101. The van der Waals surface area contributed by atoms with Gasteiger partial charge >= 0.3 is 5.97 Å². The lowest BCUT2D eigenvalue weighted by atomic mass is 9.80. The van der Waals surface area contributed by atoms with Crippen LogP contribution in [-0.4, -0.2) is 132 Å². The summed E-state index contributed by atoms with van der Waals surface area (Å²) in [6, 6.07) is 8.15. The second-order valence-corrected chi connectivity index (χ2v) is 11.0. The molecule has 15 heteroatoms. The van der Waals surface area contributed by atoms with E-state index in [1.807, 2.05) is 0 Å². The van der Waals surface area contributed by atoms with Crippen molar-refractivity contribution in [3.63, 3.8) is 0 Å². The predicted octanol–water partition coefficient (Wildman–Crippen LogP) is -1.38. The fourth-order valence-electron chi connectivity index (χ4n) is 5.19. The summed E-state index contributed by atoms with van der Waals surface area (Å²) in [6.45, 7) is -1.07. The molecule has 10 N–H and O–H groups in total. The Morgan fingerprint density at radius 1 is 0.844 bits per heavy atom. The number of rotatable bonds is 11. The van der Waals surface area contributed by atoms with E-state index in [1.165, 1.54) is 36.4 Å². The van der Waals surface area contributed by atoms with Gasteiger partial charge < -0.3 is 70.0 Å². The molecule has 0 unspecified atom stereocenters. The number of aliphatic hydroxyl groups is 6. The molecule has 0 bridgehead atoms. The first-order valence-corrected chi connectivity index (χ1v) is 14.2. The maximum Gasteiger partial charge on any atom is 0.330 e. The van der Waals surface area contributed by atoms with Gasteiger partial charge in [-0.1, -0.05) is 12.1 Å². The lowest BCUT2D eigenvalue weighted by Gasteiger charge is -2.46. The van der Waals surface area contributed by atoms with Gasteiger partial charge in [0.2, 0.25) is 0 Å². The zero-order chi connectivity index (χ0) is 32.8. The molecule has 1 aliphatic carbocycles. The Morgan fingerprint density at radius 3 is 2.20 bits per heavy atom. The number of aliphatic hydroxyl groups excluding tert-OH is 6. The minimum absolute atomic E-state index is 0.0134. The number of benzene rings is 2. The standard InChI is InChI=1S/C30H38O15/c31-12-22-25(38)27(40)28(41)30(44-22)45-29-24(37)16(13-43-23(36)6-3-14-1-4-17(32)19(34)9-14)11-21(26(29)39)42-8-7-15-2-5-18(33)20(35)10-15/h1-6,9-10,16,21-22,24-35,37-41H,7-8,11-13H2/t16-,21+,22-,24-,25-,26+,27+,28-,29+,30-/m1/s1. The highest BCUT2D eigenvalue weighted by Gasteiger charge is 2.50. The van der Waals surface area contributed by atoms with Crippen LogP contribution in [0, 0.1) is 5.92 Å². The maximum atomic E-state index is 12.4. The molecular weight excluding hydrogens is 600 g/mol. The van der Waals surface area contributed by atoms with Gasteiger partial charge in [0, 0.05) is 12.0 Å². The molecule has 1 saturated carbocycles. The normalized spacial score (nSPS) is 32.0. The van der Waals surface area contributed by atoms with Gasteiger partial charge in [0.25, 0.3) is 0 Å². The Balaban J connectivity index is 1.45. The Kier molecular flexibility index (Phi) is 11.6. The van der Waals surface area contributed by atoms with Crippen LogP contribution in [0.1, 0.15) is 17.5 Å². The molecule has 2 aliphatic rings. The molecule has 2 aromatic rings. The minimum atomic E-state index is -1.81. The third kappa shape index (κ3) is 8.40. The van der Waals surface area contributed by atoms with Gasteiger partial charge in [-0.05, 0) is 54.3 Å². The number of phenolic OH excluding ortho intramolecular Hbond substituents is 4. The smallest absolute Gasteiger partial charge is 0.330 e. The van der Waals surface area contributed by atoms with Crippen molar-refractivity contribution in [1.29, 1.82) is 0 Å². The molecule has 1 heterocycles. The number of carbonyl (C=O) groups excluding carboxylic acids is 1. The lowest BCUT2D eigenvalue weighted by Crippen LogP contribution is -2.63. The zero-order valence-corrected chi connectivity index (χ0v) is 23.9. The van der Waals surface area contributed by atoms with Crippen molar-refractivity contribution in [3.05, 3.63) is 53.6 Å². The highest BCUT2D eigenvalue weighted by atomic mass is 16.7. The first kappa shape index (κ1) is 34.4. The molecule has 0 aromatic heterocycles. The predicted molar refractivity (Wildman–Crippen MR) is 152 cm³/mol. The van der Waals surface area contributed by atoms with E-state index < -0.39 is 73.6 Å². The third-order valence-corrected chi connectivity index (χ3v) is 7.83. The van der Waals surface area contributed by atoms with Crippen LogP contribution in [0.2, 0.25) is 0 Å². The Hall–Kier alpha value is -3.51. The molecule has 2 aromatic carbocycles. The van der Waals surface area contributed by atoms with Gasteiger partial charge in [0.15, 0.2) is 29.3 Å². The van der Waals surface area contributed by atoms with Crippen LogP contribution < -0.4 is 0 Å². The Labute approximate surface area is 257 Å². The summed E-state index contributed by atoms with van der Waals surface area (Å²) in [4.78, 5) is 12.4. The zero-order valence-electron chi connectivity index (χ0n) is 23.9. The second kappa shape index (κ2) is 15.2. The van der Waals surface area contributed by atoms with Gasteiger partial charge in [-0.25, -0.2) is 4.79 Å². The van der Waals surface area contributed by atoms with Crippen molar-refractivity contribution >= 4 is 12.0 Å². The summed E-state index contributed by atoms with van der Waals surface area (Å²) in [5.74, 6) is -3.01. The van der Waals surface area contributed by atoms with Crippen LogP contribution in [-0.2, 0) is 30.2 Å². The van der Waals surface area contributed by atoms with Gasteiger partial charge in [-0.3, -0.25) is 0 Å². The van der Waals surface area contributed by atoms with Crippen LogP contribution in [0.25, 0.3) is 6.08 Å². The van der Waals surface area contributed by atoms with Crippen LogP contribution in [0.5, 0.6) is 23.0 Å². The van der Waals surface area contributed by atoms with E-state index in [-0.39, 0.29) is 49.1 Å². The highest BCUT2D eigenvalue weighted by molar-refractivity contribution is 5.87. The molecule has 1 saturated heterocycles. The monoisotopic (exact) mass is 638 g/mol. The maximum absolute atomic E-state index is 12.4. The van der Waals surface area contributed by atoms with E-state index >= 15 is 0 Å². The fraction of sp³-hybridized carbons (Fsp3) is 0.500. The molecular formula is C30H38O15. The van der Waals surface area contributed by atoms with Crippen LogP contribution in [0.4, 0.5) is 0 Å². The summed E-state index contributed by atoms with van der Waals surface area (Å²) >= 11 is 0. The number of aromatic hydroxyl groups is 4. The summed E-state index contributed by atoms with van der Waals surface area (Å²) in [6.07, 6.45) is -11.1. The van der Waals surface area contributed by atoms with Gasteiger partial charge in [-0.2, -0.15) is 0 Å². The third-order valence-electron chi connectivity index (χ3n) is 7.83. The summed E-state index contributed by atoms with van der Waals surface area (Å²) in [5.41, 5.74) is 1.01. The number of esters is 1. The molecule has 0 amide bonds. The molecule has 10 atom stereocenters. The molecule has 15 nitrogen and oxygen atoms in total. The highest BCUT2D eigenvalue weighted by Crippen LogP contribution is 2.34. The van der Waals surface area contributed by atoms with Gasteiger partial charge in [0.05, 0.1) is 32.0 Å². The summed E-state index contributed by atoms with van der Waals surface area (Å²) in [7, 11) is 0. The molecule has 1 aliphatic heterocycles. The average molecular weight is 639 g/mol. The Morgan fingerprint density at radius 2 is 1.53 bits per heavy atom. The number of phenols is 4. The van der Waals surface area contributed by atoms with Crippen LogP contribution >= 0.6 is 0 Å². The van der Waals surface area contributed by atoms with Crippen molar-refractivity contribution in [2.75, 3.05) is 19.8 Å². The van der Waals surface area contributed by atoms with Crippen molar-refractivity contribution in [2.24, 2.45) is 5.92 Å². The van der Waals surface area contributed by atoms with E-state index in [0.29, 0.717) is 11.1 Å². The first-order chi connectivity index (χ1) is 21.4. The molecule has 0 spiro atoms. The van der Waals surface area contributed by atoms with E-state index in [4.69, 9.17) is 18.9 Å². The van der Waals surface area contributed by atoms with E-state index in [9.17, 15) is 55.9 Å². The van der Waals surface area contributed by atoms with Crippen molar-refractivity contribution in [2.45, 2.75) is 68.0 Å². The number of ether oxygens (including phenoxy) is 4. The van der Waals surface area contributed by atoms with Crippen molar-refractivity contribution < 1.29 is 74.8 Å². The van der Waals surface area contributed by atoms with E-state index in [2.05, 4.69) is 0 Å². The fourth-order valence-corrected chi connectivity index (χ4v) is 5.19. The first-order valence-electron chi connectivity index (χ1n) is 14.2. The summed E-state index contributed by atoms with van der Waals surface area (Å²) < 4.78 is 22.3. The Bertz CT molecular complexity index is 1320. The van der Waals surface area contributed by atoms with Crippen molar-refractivity contribution in [1.82, 2.24) is 0 Å². The molecule has 45 heavy (non-hydrogen) atoms. The number of hydrogen-bond donors (Lipinski definition) is 10. The van der Waals surface area contributed by atoms with Crippen LogP contribution in [0.15, 0.2) is 42.5 Å². The van der Waals surface area contributed by atoms with Crippen LogP contribution in [0.3, 0.4) is 0 Å². The number of carbonyl (C=O) groups is 1. The quantitative estimate of drug-likeness (QED) is 0.0773. The number of hydrogen-bond acceptors (Lipinski definition) is 15. The second-order valence-electron chi connectivity index (χ2n) is 11.0. The lowest BCUT2D eigenvalue weighted by molar-refractivity contribution is -0.333. The minimum Gasteiger partial charge on any atom is -0.504 e. The molecule has 4 rings (SSSR count). The molecule has 2 fully saturated rings. The van der Waals surface area contributed by atoms with E-state index in [1.54, 1.807) is 6.07 Å². The largest absolute Gasteiger partial charge is 0.504 e. The average Bonchev–Trinajstić information content (AvgIpc) is 3.01. The SMILES string of the molecule is O=C(C=Cc1ccc(O)c(O)c1)OC[C@H]1C[C@H](OCCc2ccc(O)c(O)c2)[C@H](O)[C@@H](O[C@H]2O[C@H](CO)[C@@H](O)[C@H](O)[C@H]2O)[C@@H]1O. The molecule has 248 valence electrons. The molecule has 0 radical (unpaired) electrons. The van der Waals surface area contributed by atoms with Crippen molar-refractivity contribution in [3.8, 4) is 23.0 Å². The topological polar surface area (TPSA) is 256 Å². The van der Waals surface area contributed by atoms with E-state index in [0.717, 1.165) is 6.08 Å². The van der Waals surface area contributed by atoms with Gasteiger partial charge in [0.1, 0.15) is 36.6 Å².